The van der Waals surface area contributed by atoms with Gasteiger partial charge in [0.1, 0.15) is 0 Å². The largest absolute Gasteiger partial charge is 0.383 e. The van der Waals surface area contributed by atoms with Crippen molar-refractivity contribution in [2.24, 2.45) is 5.73 Å². The van der Waals surface area contributed by atoms with E-state index in [0.29, 0.717) is 19.6 Å². The summed E-state index contributed by atoms with van der Waals surface area (Å²) >= 11 is 0. The van der Waals surface area contributed by atoms with Crippen LogP contribution in [0.5, 0.6) is 0 Å². The quantitative estimate of drug-likeness (QED) is 0.649. The third-order valence-corrected chi connectivity index (χ3v) is 2.94. The Bertz CT molecular complexity index is 218. The topological polar surface area (TPSA) is 73.6 Å². The van der Waals surface area contributed by atoms with Gasteiger partial charge in [-0.15, -0.1) is 0 Å². The van der Waals surface area contributed by atoms with Crippen molar-refractivity contribution in [3.8, 4) is 0 Å². The van der Waals surface area contributed by atoms with Crippen molar-refractivity contribution < 1.29 is 14.3 Å². The van der Waals surface area contributed by atoms with Gasteiger partial charge in [-0.2, -0.15) is 0 Å². The number of carbonyl (C=O) groups is 1. The summed E-state index contributed by atoms with van der Waals surface area (Å²) in [6.07, 6.45) is 4.63. The van der Waals surface area contributed by atoms with E-state index in [4.69, 9.17) is 15.2 Å². The van der Waals surface area contributed by atoms with Gasteiger partial charge >= 0.3 is 0 Å². The lowest BCUT2D eigenvalue weighted by Crippen LogP contribution is -2.33. The molecule has 3 N–H and O–H groups in total. The molecule has 0 bridgehead atoms. The van der Waals surface area contributed by atoms with Crippen molar-refractivity contribution in [1.29, 1.82) is 0 Å². The predicted octanol–water partition coefficient (Wildman–Crippen LogP) is 0.426. The van der Waals surface area contributed by atoms with Crippen LogP contribution in [-0.4, -0.2) is 44.9 Å². The summed E-state index contributed by atoms with van der Waals surface area (Å²) in [7, 11) is 1.63. The lowest BCUT2D eigenvalue weighted by Gasteiger charge is -2.12. The highest BCUT2D eigenvalue weighted by molar-refractivity contribution is 5.75. The first-order valence-electron chi connectivity index (χ1n) is 6.35. The molecular weight excluding hydrogens is 220 g/mol. The molecule has 2 atom stereocenters. The molecule has 0 spiro atoms. The van der Waals surface area contributed by atoms with Gasteiger partial charge in [-0.25, -0.2) is 0 Å². The van der Waals surface area contributed by atoms with Crippen molar-refractivity contribution in [3.05, 3.63) is 0 Å². The number of hydrogen-bond acceptors (Lipinski definition) is 4. The minimum Gasteiger partial charge on any atom is -0.383 e. The first-order chi connectivity index (χ1) is 8.22. The zero-order valence-corrected chi connectivity index (χ0v) is 10.6. The van der Waals surface area contributed by atoms with Gasteiger partial charge in [0.25, 0.3) is 0 Å². The van der Waals surface area contributed by atoms with Gasteiger partial charge in [-0.3, -0.25) is 4.79 Å². The van der Waals surface area contributed by atoms with Crippen LogP contribution < -0.4 is 11.1 Å². The average Bonchev–Trinajstić information content (AvgIpc) is 2.79. The number of nitrogens with one attached hydrogen (secondary N) is 1. The number of carbonyl (C=O) groups excluding carboxylic acids is 1. The van der Waals surface area contributed by atoms with E-state index >= 15 is 0 Å². The third-order valence-electron chi connectivity index (χ3n) is 2.94. The first-order valence-corrected chi connectivity index (χ1v) is 6.35. The van der Waals surface area contributed by atoms with Crippen LogP contribution in [0.1, 0.15) is 32.1 Å². The Morgan fingerprint density at radius 1 is 1.65 bits per heavy atom. The monoisotopic (exact) mass is 244 g/mol. The Labute approximate surface area is 103 Å². The minimum atomic E-state index is -0.00142. The summed E-state index contributed by atoms with van der Waals surface area (Å²) in [6.45, 7) is 2.00. The molecule has 0 aromatic rings. The van der Waals surface area contributed by atoms with Crippen LogP contribution in [-0.2, 0) is 14.3 Å². The predicted molar refractivity (Wildman–Crippen MR) is 65.7 cm³/mol. The zero-order chi connectivity index (χ0) is 12.5. The average molecular weight is 244 g/mol. The van der Waals surface area contributed by atoms with E-state index in [-0.39, 0.29) is 18.1 Å². The van der Waals surface area contributed by atoms with Gasteiger partial charge in [0.05, 0.1) is 12.7 Å². The van der Waals surface area contributed by atoms with Crippen LogP contribution in [0.3, 0.4) is 0 Å². The smallest absolute Gasteiger partial charge is 0.220 e. The highest BCUT2D eigenvalue weighted by atomic mass is 16.5. The van der Waals surface area contributed by atoms with Crippen LogP contribution in [0.25, 0.3) is 0 Å². The van der Waals surface area contributed by atoms with E-state index in [2.05, 4.69) is 5.32 Å². The number of ether oxygens (including phenoxy) is 2. The Balaban J connectivity index is 1.97. The highest BCUT2D eigenvalue weighted by Crippen LogP contribution is 2.16. The number of amides is 1. The fourth-order valence-corrected chi connectivity index (χ4v) is 1.95. The molecule has 5 nitrogen and oxygen atoms in total. The molecule has 2 unspecified atom stereocenters. The Hall–Kier alpha value is -0.650. The van der Waals surface area contributed by atoms with E-state index in [1.807, 2.05) is 0 Å². The van der Waals surface area contributed by atoms with Gasteiger partial charge in [-0.05, 0) is 25.7 Å². The second-order valence-electron chi connectivity index (χ2n) is 4.53. The lowest BCUT2D eigenvalue weighted by molar-refractivity contribution is -0.121. The maximum atomic E-state index is 11.5. The minimum absolute atomic E-state index is 0.00142. The molecule has 1 rings (SSSR count). The number of methoxy groups -OCH3 is 1. The van der Waals surface area contributed by atoms with Crippen molar-refractivity contribution in [2.75, 3.05) is 26.9 Å². The van der Waals surface area contributed by atoms with Crippen LogP contribution in [0.4, 0.5) is 0 Å². The van der Waals surface area contributed by atoms with Gasteiger partial charge in [0.15, 0.2) is 0 Å². The zero-order valence-electron chi connectivity index (χ0n) is 10.6. The molecule has 0 aromatic carbocycles. The lowest BCUT2D eigenvalue weighted by atomic mass is 10.1. The maximum absolute atomic E-state index is 11.5. The number of nitrogens with two attached hydrogens (primary N) is 1. The molecule has 1 heterocycles. The van der Waals surface area contributed by atoms with Crippen molar-refractivity contribution in [2.45, 2.75) is 44.2 Å². The first kappa shape index (κ1) is 14.4. The standard InChI is InChI=1S/C12H24N2O3/c1-16-9-10(13)6-7-14-12(15)5-4-11-3-2-8-17-11/h10-11H,2-9,13H2,1H3,(H,14,15). The molecule has 17 heavy (non-hydrogen) atoms. The SMILES string of the molecule is COCC(N)CCNC(=O)CCC1CCCO1. The Morgan fingerprint density at radius 3 is 3.12 bits per heavy atom. The number of hydrogen-bond donors (Lipinski definition) is 2. The van der Waals surface area contributed by atoms with Crippen molar-refractivity contribution in [3.63, 3.8) is 0 Å². The van der Waals surface area contributed by atoms with Crippen molar-refractivity contribution >= 4 is 5.91 Å². The second-order valence-corrected chi connectivity index (χ2v) is 4.53. The summed E-state index contributed by atoms with van der Waals surface area (Å²) in [4.78, 5) is 11.5. The van der Waals surface area contributed by atoms with Gasteiger partial charge in [0, 0.05) is 32.7 Å². The molecule has 0 radical (unpaired) electrons. The fourth-order valence-electron chi connectivity index (χ4n) is 1.95. The van der Waals surface area contributed by atoms with Crippen LogP contribution >= 0.6 is 0 Å². The molecule has 0 aliphatic carbocycles. The summed E-state index contributed by atoms with van der Waals surface area (Å²) in [5.74, 6) is 0.0881. The number of rotatable bonds is 8. The van der Waals surface area contributed by atoms with E-state index in [1.165, 1.54) is 0 Å². The van der Waals surface area contributed by atoms with E-state index in [9.17, 15) is 4.79 Å². The Morgan fingerprint density at radius 2 is 2.47 bits per heavy atom. The van der Waals surface area contributed by atoms with Crippen LogP contribution in [0, 0.1) is 0 Å². The molecule has 1 aliphatic rings. The molecule has 100 valence electrons. The third kappa shape index (κ3) is 6.61. The van der Waals surface area contributed by atoms with Gasteiger partial charge < -0.3 is 20.5 Å². The second kappa shape index (κ2) is 8.44. The summed E-state index contributed by atoms with van der Waals surface area (Å²) < 4.78 is 10.4. The van der Waals surface area contributed by atoms with Gasteiger partial charge in [-0.1, -0.05) is 0 Å². The highest BCUT2D eigenvalue weighted by Gasteiger charge is 2.16. The van der Waals surface area contributed by atoms with E-state index < -0.39 is 0 Å². The summed E-state index contributed by atoms with van der Waals surface area (Å²) in [6, 6.07) is -0.00142. The molecule has 1 amide bonds. The van der Waals surface area contributed by atoms with E-state index in [1.54, 1.807) is 7.11 Å². The normalized spacial score (nSPS) is 21.4. The molecule has 5 heteroatoms. The summed E-state index contributed by atoms with van der Waals surface area (Å²) in [5.41, 5.74) is 5.75. The fraction of sp³-hybridized carbons (Fsp3) is 0.917. The van der Waals surface area contributed by atoms with E-state index in [0.717, 1.165) is 32.3 Å². The van der Waals surface area contributed by atoms with Crippen LogP contribution in [0.2, 0.25) is 0 Å². The summed E-state index contributed by atoms with van der Waals surface area (Å²) in [5, 5.41) is 2.87. The molecular formula is C12H24N2O3. The molecule has 0 saturated carbocycles. The molecule has 0 aromatic heterocycles. The Kier molecular flexibility index (Phi) is 7.16. The van der Waals surface area contributed by atoms with Crippen molar-refractivity contribution in [1.82, 2.24) is 5.32 Å². The van der Waals surface area contributed by atoms with Crippen LogP contribution in [0.15, 0.2) is 0 Å². The maximum Gasteiger partial charge on any atom is 0.220 e. The molecule has 1 aliphatic heterocycles. The molecule has 1 saturated heterocycles. The molecule has 1 fully saturated rings. The van der Waals surface area contributed by atoms with Gasteiger partial charge in [0.2, 0.25) is 5.91 Å².